The summed E-state index contributed by atoms with van der Waals surface area (Å²) in [4.78, 5) is 72.1. The molecular weight excluding hydrogens is 773 g/mol. The number of fused-ring (bicyclic) bond motifs is 2. The Morgan fingerprint density at radius 1 is 0.933 bits per heavy atom. The number of hydrogen-bond acceptors (Lipinski definition) is 13. The van der Waals surface area contributed by atoms with Crippen molar-refractivity contribution < 1.29 is 43.2 Å². The molecule has 8 rings (SSSR count). The molecule has 0 bridgehead atoms. The second-order valence-corrected chi connectivity index (χ2v) is 16.5. The zero-order valence-electron chi connectivity index (χ0n) is 34.3. The van der Waals surface area contributed by atoms with Gasteiger partial charge < -0.3 is 33.5 Å². The molecule has 1 spiro atoms. The Bertz CT molecular complexity index is 2380. The lowest BCUT2D eigenvalue weighted by Gasteiger charge is -2.60. The number of rotatable bonds is 16. The van der Waals surface area contributed by atoms with Crippen LogP contribution in [-0.4, -0.2) is 126 Å². The summed E-state index contributed by atoms with van der Waals surface area (Å²) in [5.74, 6) is 0.133. The zero-order valence-corrected chi connectivity index (χ0v) is 34.3. The van der Waals surface area contributed by atoms with Crippen LogP contribution in [0.2, 0.25) is 0 Å². The molecule has 2 unspecified atom stereocenters. The highest BCUT2D eigenvalue weighted by Gasteiger charge is 2.53. The Morgan fingerprint density at radius 3 is 2.38 bits per heavy atom. The fourth-order valence-corrected chi connectivity index (χ4v) is 9.42. The predicted octanol–water partition coefficient (Wildman–Crippen LogP) is 2.97. The monoisotopic (exact) mass is 822 g/mol. The maximum atomic E-state index is 13.1. The van der Waals surface area contributed by atoms with Crippen molar-refractivity contribution in [2.75, 3.05) is 60.7 Å². The van der Waals surface area contributed by atoms with E-state index < -0.39 is 35.9 Å². The first-order valence-electron chi connectivity index (χ1n) is 20.2. The van der Waals surface area contributed by atoms with Gasteiger partial charge in [0, 0.05) is 70.2 Å². The number of nitrogens with zero attached hydrogens (tertiary/aromatic N) is 5. The van der Waals surface area contributed by atoms with Crippen molar-refractivity contribution in [2.45, 2.75) is 50.9 Å². The van der Waals surface area contributed by atoms with Gasteiger partial charge in [-0.1, -0.05) is 0 Å². The van der Waals surface area contributed by atoms with E-state index in [1.165, 1.54) is 12.1 Å². The Kier molecular flexibility index (Phi) is 11.5. The molecular formula is C44H50N6O10. The second-order valence-electron chi connectivity index (χ2n) is 16.5. The number of nitrogens with one attached hydrogen (secondary N) is 1. The third-order valence-corrected chi connectivity index (χ3v) is 12.3. The number of aliphatic hydroxyl groups excluding tert-OH is 1. The second kappa shape index (κ2) is 16.8. The van der Waals surface area contributed by atoms with E-state index in [4.69, 9.17) is 18.9 Å². The Labute approximate surface area is 346 Å². The minimum atomic E-state index is -1.02. The van der Waals surface area contributed by atoms with Crippen molar-refractivity contribution in [1.29, 1.82) is 0 Å². The molecule has 2 N–H and O–H groups in total. The van der Waals surface area contributed by atoms with Crippen molar-refractivity contribution in [2.24, 2.45) is 18.4 Å². The number of benzene rings is 2. The molecule has 4 aromatic rings. The molecule has 1 aliphatic carbocycles. The molecule has 5 heterocycles. The summed E-state index contributed by atoms with van der Waals surface area (Å²) in [6.07, 6.45) is 7.35. The van der Waals surface area contributed by atoms with Gasteiger partial charge >= 0.3 is 0 Å². The molecule has 4 amide bonds. The van der Waals surface area contributed by atoms with E-state index >= 15 is 0 Å². The lowest BCUT2D eigenvalue weighted by molar-refractivity contribution is -0.167. The number of likely N-dealkylation sites (tertiary alicyclic amines) is 1. The minimum Gasteiger partial charge on any atom is -0.496 e. The van der Waals surface area contributed by atoms with E-state index in [0.717, 1.165) is 71.0 Å². The molecule has 3 fully saturated rings. The molecule has 2 aromatic carbocycles. The normalized spacial score (nSPS) is 19.4. The first kappa shape index (κ1) is 41.1. The highest BCUT2D eigenvalue weighted by atomic mass is 16.5. The van der Waals surface area contributed by atoms with Crippen LogP contribution in [0.3, 0.4) is 0 Å². The molecule has 0 radical (unpaired) electrons. The topological polar surface area (TPSA) is 182 Å². The number of imide groups is 2. The largest absolute Gasteiger partial charge is 0.496 e. The lowest BCUT2D eigenvalue weighted by Crippen LogP contribution is -2.65. The van der Waals surface area contributed by atoms with E-state index in [-0.39, 0.29) is 48.2 Å². The average Bonchev–Trinajstić information content (AvgIpc) is 3.45. The Balaban J connectivity index is 0.752. The number of methoxy groups -OCH3 is 2. The van der Waals surface area contributed by atoms with E-state index in [2.05, 4.69) is 27.1 Å². The van der Waals surface area contributed by atoms with Crippen LogP contribution in [0.5, 0.6) is 17.2 Å². The molecule has 16 heteroatoms. The van der Waals surface area contributed by atoms with Crippen molar-refractivity contribution in [3.8, 4) is 28.4 Å². The summed E-state index contributed by atoms with van der Waals surface area (Å²) >= 11 is 0. The molecule has 3 aliphatic heterocycles. The first-order valence-corrected chi connectivity index (χ1v) is 20.2. The number of aromatic nitrogens is 2. The van der Waals surface area contributed by atoms with Crippen LogP contribution >= 0.6 is 0 Å². The zero-order chi connectivity index (χ0) is 42.3. The van der Waals surface area contributed by atoms with Gasteiger partial charge in [0.15, 0.2) is 0 Å². The molecule has 16 nitrogen and oxygen atoms in total. The van der Waals surface area contributed by atoms with Crippen molar-refractivity contribution in [3.63, 3.8) is 0 Å². The molecule has 60 heavy (non-hydrogen) atoms. The van der Waals surface area contributed by atoms with Crippen LogP contribution in [-0.2, 0) is 27.9 Å². The summed E-state index contributed by atoms with van der Waals surface area (Å²) in [7, 11) is 7.17. The number of aliphatic hydroxyl groups is 1. The predicted molar refractivity (Wildman–Crippen MR) is 219 cm³/mol. The molecule has 2 atom stereocenters. The SMILES string of the molecule is COc1cc(-c2cn(C)c(=O)c3cnccc23)cc(OC)c1CN(C)CC1CC2(C1)CN(C(O)CCOCCOc1ccc3c(c1)C(=O)N(C1CCC(=O)NC1=O)C3=O)C2. The molecule has 2 saturated heterocycles. The Morgan fingerprint density at radius 2 is 1.67 bits per heavy atom. The van der Waals surface area contributed by atoms with Crippen LogP contribution < -0.4 is 25.1 Å². The van der Waals surface area contributed by atoms with Crippen molar-refractivity contribution in [1.82, 2.24) is 29.6 Å². The van der Waals surface area contributed by atoms with E-state index in [9.17, 15) is 29.1 Å². The number of carbonyl (C=O) groups is 4. The van der Waals surface area contributed by atoms with Gasteiger partial charge in [0.25, 0.3) is 17.4 Å². The van der Waals surface area contributed by atoms with E-state index in [0.29, 0.717) is 36.6 Å². The van der Waals surface area contributed by atoms with E-state index in [1.54, 1.807) is 44.3 Å². The van der Waals surface area contributed by atoms with Gasteiger partial charge in [-0.25, -0.2) is 0 Å². The fourth-order valence-electron chi connectivity index (χ4n) is 9.42. The molecule has 316 valence electrons. The maximum absolute atomic E-state index is 13.1. The summed E-state index contributed by atoms with van der Waals surface area (Å²) < 4.78 is 24.9. The van der Waals surface area contributed by atoms with Crippen LogP contribution in [0.1, 0.15) is 58.4 Å². The molecule has 1 saturated carbocycles. The number of piperidine rings is 1. The van der Waals surface area contributed by atoms with Gasteiger partial charge in [0.1, 0.15) is 36.1 Å². The minimum absolute atomic E-state index is 0.0551. The fraction of sp³-hybridized carbons (Fsp3) is 0.455. The van der Waals surface area contributed by atoms with E-state index in [1.807, 2.05) is 24.4 Å². The summed E-state index contributed by atoms with van der Waals surface area (Å²) in [6, 6.07) is 9.42. The summed E-state index contributed by atoms with van der Waals surface area (Å²) in [6.45, 7) is 4.11. The number of pyridine rings is 2. The summed E-state index contributed by atoms with van der Waals surface area (Å²) in [5, 5.41) is 14.4. The lowest BCUT2D eigenvalue weighted by atomic mass is 9.57. The van der Waals surface area contributed by atoms with Crippen LogP contribution in [0.25, 0.3) is 21.9 Å². The highest BCUT2D eigenvalue weighted by molar-refractivity contribution is 6.23. The van der Waals surface area contributed by atoms with Gasteiger partial charge in [-0.2, -0.15) is 0 Å². The third kappa shape index (κ3) is 7.87. The Hall–Kier alpha value is -5.68. The van der Waals surface area contributed by atoms with Gasteiger partial charge in [-0.15, -0.1) is 0 Å². The maximum Gasteiger partial charge on any atom is 0.262 e. The number of carbonyl (C=O) groups excluding carboxylic acids is 4. The highest BCUT2D eigenvalue weighted by Crippen LogP contribution is 2.52. The van der Waals surface area contributed by atoms with Gasteiger partial charge in [0.2, 0.25) is 11.8 Å². The third-order valence-electron chi connectivity index (χ3n) is 12.3. The van der Waals surface area contributed by atoms with Gasteiger partial charge in [-0.05, 0) is 85.0 Å². The van der Waals surface area contributed by atoms with Crippen LogP contribution in [0, 0.1) is 11.3 Å². The number of hydrogen-bond donors (Lipinski definition) is 2. The number of amides is 4. The average molecular weight is 823 g/mol. The smallest absolute Gasteiger partial charge is 0.262 e. The van der Waals surface area contributed by atoms with Gasteiger partial charge in [-0.3, -0.25) is 44.1 Å². The quantitative estimate of drug-likeness (QED) is 0.125. The standard InChI is InChI=1S/C44H50N6O10/c1-47(22-34-36(57-3)15-27(16-37(34)58-4)33-23-48(2)41(54)32-20-45-11-9-29(32)33)21-26-18-44(19-26)24-49(25-44)39(52)10-12-59-13-14-60-28-5-6-30-31(17-28)43(56)50(42(30)55)35-7-8-38(51)46-40(35)53/h5-6,9,11,15-17,20,23,26,35,39,52H,7-8,10,12-14,18-19,21-22,24-25H2,1-4H3,(H,46,51,53). The number of ether oxygens (including phenoxy) is 4. The summed E-state index contributed by atoms with van der Waals surface area (Å²) in [5.41, 5.74) is 3.21. The van der Waals surface area contributed by atoms with Crippen LogP contribution in [0.15, 0.2) is 59.8 Å². The number of aryl methyl sites for hydroxylation is 1. The first-order chi connectivity index (χ1) is 28.9. The van der Waals surface area contributed by atoms with Crippen molar-refractivity contribution in [3.05, 3.63) is 82.0 Å². The van der Waals surface area contributed by atoms with Gasteiger partial charge in [0.05, 0.1) is 49.5 Å². The molecule has 4 aliphatic rings. The molecule has 2 aromatic heterocycles. The van der Waals surface area contributed by atoms with Crippen molar-refractivity contribution >= 4 is 34.4 Å². The van der Waals surface area contributed by atoms with Crippen LogP contribution in [0.4, 0.5) is 0 Å².